The van der Waals surface area contributed by atoms with Gasteiger partial charge in [-0.05, 0) is 31.1 Å². The maximum Gasteiger partial charge on any atom is 0.246 e. The van der Waals surface area contributed by atoms with Gasteiger partial charge < -0.3 is 4.90 Å². The maximum absolute atomic E-state index is 12.7. The summed E-state index contributed by atoms with van der Waals surface area (Å²) in [6.45, 7) is 7.96. The predicted molar refractivity (Wildman–Crippen MR) is 118 cm³/mol. The Balaban J connectivity index is 1.63. The number of carbonyl (C=O) groups is 1. The molecule has 1 aromatic carbocycles. The first-order valence-corrected chi connectivity index (χ1v) is 11.8. The largest absolute Gasteiger partial charge is 0.337 e. The van der Waals surface area contributed by atoms with Crippen molar-refractivity contribution in [1.29, 1.82) is 0 Å². The van der Waals surface area contributed by atoms with Gasteiger partial charge in [-0.3, -0.25) is 9.48 Å². The summed E-state index contributed by atoms with van der Waals surface area (Å²) in [5, 5.41) is 4.96. The van der Waals surface area contributed by atoms with E-state index in [2.05, 4.69) is 18.9 Å². The number of aromatic nitrogens is 2. The molecule has 9 heteroatoms. The summed E-state index contributed by atoms with van der Waals surface area (Å²) >= 11 is 6.42. The van der Waals surface area contributed by atoms with Crippen LogP contribution in [0.5, 0.6) is 0 Å². The Morgan fingerprint density at radius 3 is 2.40 bits per heavy atom. The summed E-state index contributed by atoms with van der Waals surface area (Å²) in [4.78, 5) is 14.5. The summed E-state index contributed by atoms with van der Waals surface area (Å²) in [5.74, 6) is 0.238. The van der Waals surface area contributed by atoms with Gasteiger partial charge in [0.05, 0.1) is 10.6 Å². The molecule has 0 unspecified atom stereocenters. The van der Waals surface area contributed by atoms with Crippen molar-refractivity contribution in [2.75, 3.05) is 26.2 Å². The van der Waals surface area contributed by atoms with Crippen LogP contribution in [0, 0.1) is 12.8 Å². The van der Waals surface area contributed by atoms with Crippen molar-refractivity contribution in [3.63, 3.8) is 0 Å². The lowest BCUT2D eigenvalue weighted by Crippen LogP contribution is -2.50. The Labute approximate surface area is 183 Å². The van der Waals surface area contributed by atoms with Gasteiger partial charge in [0, 0.05) is 44.4 Å². The van der Waals surface area contributed by atoms with Gasteiger partial charge in [0.2, 0.25) is 15.9 Å². The molecular formula is C21H27ClN4O3S. The summed E-state index contributed by atoms with van der Waals surface area (Å²) < 4.78 is 28.6. The van der Waals surface area contributed by atoms with E-state index < -0.39 is 10.0 Å². The van der Waals surface area contributed by atoms with Gasteiger partial charge in [-0.1, -0.05) is 43.6 Å². The second kappa shape index (κ2) is 9.32. The first-order chi connectivity index (χ1) is 14.2. The molecule has 0 spiro atoms. The van der Waals surface area contributed by atoms with Crippen LogP contribution < -0.4 is 0 Å². The number of benzene rings is 1. The molecular weight excluding hydrogens is 424 g/mol. The van der Waals surface area contributed by atoms with Crippen molar-refractivity contribution < 1.29 is 13.2 Å². The normalized spacial score (nSPS) is 16.0. The molecule has 1 fully saturated rings. The minimum atomic E-state index is -3.54. The summed E-state index contributed by atoms with van der Waals surface area (Å²) in [7, 11) is -3.54. The van der Waals surface area contributed by atoms with Crippen LogP contribution in [-0.2, 0) is 21.4 Å². The van der Waals surface area contributed by atoms with Crippen molar-refractivity contribution in [3.05, 3.63) is 52.8 Å². The average molecular weight is 451 g/mol. The Bertz CT molecular complexity index is 1020. The fourth-order valence-electron chi connectivity index (χ4n) is 3.37. The van der Waals surface area contributed by atoms with Crippen LogP contribution in [0.4, 0.5) is 0 Å². The second-order valence-corrected chi connectivity index (χ2v) is 10.0. The van der Waals surface area contributed by atoms with Crippen molar-refractivity contribution in [2.24, 2.45) is 5.92 Å². The molecule has 0 saturated carbocycles. The fourth-order valence-corrected chi connectivity index (χ4v) is 5.12. The minimum absolute atomic E-state index is 0.168. The lowest BCUT2D eigenvalue weighted by molar-refractivity contribution is -0.127. The van der Waals surface area contributed by atoms with Gasteiger partial charge in [0.1, 0.15) is 5.15 Å². The molecule has 0 bridgehead atoms. The summed E-state index contributed by atoms with van der Waals surface area (Å²) in [6, 6.07) is 8.35. The van der Waals surface area contributed by atoms with E-state index in [1.807, 2.05) is 6.92 Å². The zero-order valence-electron chi connectivity index (χ0n) is 17.5. The number of amides is 1. The van der Waals surface area contributed by atoms with Crippen LogP contribution in [0.1, 0.15) is 25.1 Å². The van der Waals surface area contributed by atoms with Gasteiger partial charge in [0.15, 0.2) is 0 Å². The van der Waals surface area contributed by atoms with Crippen molar-refractivity contribution in [2.45, 2.75) is 32.2 Å². The number of piperazine rings is 1. The van der Waals surface area contributed by atoms with E-state index in [9.17, 15) is 13.2 Å². The average Bonchev–Trinajstić information content (AvgIpc) is 2.99. The summed E-state index contributed by atoms with van der Waals surface area (Å²) in [6.07, 6.45) is 3.17. The zero-order chi connectivity index (χ0) is 21.9. The molecule has 1 aliphatic heterocycles. The molecule has 1 aromatic heterocycles. The Morgan fingerprint density at radius 2 is 1.80 bits per heavy atom. The molecule has 0 atom stereocenters. The highest BCUT2D eigenvalue weighted by atomic mass is 35.5. The summed E-state index contributed by atoms with van der Waals surface area (Å²) in [5.41, 5.74) is 1.50. The number of aryl methyl sites for hydroxylation is 1. The van der Waals surface area contributed by atoms with Crippen LogP contribution in [-0.4, -0.2) is 59.5 Å². The van der Waals surface area contributed by atoms with Crippen LogP contribution >= 0.6 is 11.6 Å². The van der Waals surface area contributed by atoms with Crippen LogP contribution in [0.25, 0.3) is 6.08 Å². The zero-order valence-corrected chi connectivity index (χ0v) is 19.0. The third-order valence-corrected chi connectivity index (χ3v) is 7.28. The molecule has 7 nitrogen and oxygen atoms in total. The van der Waals surface area contributed by atoms with Gasteiger partial charge in [-0.15, -0.1) is 0 Å². The van der Waals surface area contributed by atoms with Crippen molar-refractivity contribution in [1.82, 2.24) is 19.0 Å². The van der Waals surface area contributed by atoms with Gasteiger partial charge >= 0.3 is 0 Å². The smallest absolute Gasteiger partial charge is 0.246 e. The Hall–Kier alpha value is -2.16. The number of nitrogens with zero attached hydrogens (tertiary/aromatic N) is 4. The van der Waals surface area contributed by atoms with E-state index in [1.165, 1.54) is 10.4 Å². The van der Waals surface area contributed by atoms with Crippen LogP contribution in [0.15, 0.2) is 41.3 Å². The minimum Gasteiger partial charge on any atom is -0.337 e. The number of halogens is 1. The molecule has 1 saturated heterocycles. The molecule has 30 heavy (non-hydrogen) atoms. The van der Waals surface area contributed by atoms with Gasteiger partial charge in [-0.2, -0.15) is 9.40 Å². The molecule has 0 aliphatic carbocycles. The highest BCUT2D eigenvalue weighted by Gasteiger charge is 2.29. The number of rotatable bonds is 6. The molecule has 2 heterocycles. The van der Waals surface area contributed by atoms with E-state index in [0.717, 1.165) is 11.3 Å². The van der Waals surface area contributed by atoms with E-state index in [-0.39, 0.29) is 23.9 Å². The number of sulfonamides is 1. The topological polar surface area (TPSA) is 75.5 Å². The second-order valence-electron chi connectivity index (χ2n) is 7.74. The van der Waals surface area contributed by atoms with Crippen molar-refractivity contribution >= 4 is 33.6 Å². The number of carbonyl (C=O) groups excluding carboxylic acids is 1. The SMILES string of the molecule is Cc1nn(CC(C)C)c(Cl)c1/C=C/C(=O)N1CCN(S(=O)(=O)c2ccccc2)CC1. The number of hydrogen-bond acceptors (Lipinski definition) is 4. The van der Waals surface area contributed by atoms with E-state index in [0.29, 0.717) is 30.7 Å². The lowest BCUT2D eigenvalue weighted by atomic mass is 10.2. The molecule has 0 radical (unpaired) electrons. The predicted octanol–water partition coefficient (Wildman–Crippen LogP) is 3.05. The molecule has 3 rings (SSSR count). The lowest BCUT2D eigenvalue weighted by Gasteiger charge is -2.33. The standard InChI is InChI=1S/C21H27ClN4O3S/c1-16(2)15-26-21(22)19(17(3)23-26)9-10-20(27)24-11-13-25(14-12-24)30(28,29)18-7-5-4-6-8-18/h4-10,16H,11-15H2,1-3H3/b10-9+. The third kappa shape index (κ3) is 4.94. The van der Waals surface area contributed by atoms with Crippen molar-refractivity contribution in [3.8, 4) is 0 Å². The van der Waals surface area contributed by atoms with Crippen LogP contribution in [0.3, 0.4) is 0 Å². The van der Waals surface area contributed by atoms with E-state index in [4.69, 9.17) is 11.6 Å². The monoisotopic (exact) mass is 450 g/mol. The molecule has 162 valence electrons. The highest BCUT2D eigenvalue weighted by Crippen LogP contribution is 2.23. The van der Waals surface area contributed by atoms with E-state index in [1.54, 1.807) is 46.0 Å². The Kier molecular flexibility index (Phi) is 7.00. The first-order valence-electron chi connectivity index (χ1n) is 9.95. The van der Waals surface area contributed by atoms with E-state index >= 15 is 0 Å². The Morgan fingerprint density at radius 1 is 1.17 bits per heavy atom. The van der Waals surface area contributed by atoms with Gasteiger partial charge in [-0.25, -0.2) is 8.42 Å². The third-order valence-electron chi connectivity index (χ3n) is 4.97. The fraction of sp³-hybridized carbons (Fsp3) is 0.429. The quantitative estimate of drug-likeness (QED) is 0.634. The van der Waals surface area contributed by atoms with Crippen LogP contribution in [0.2, 0.25) is 5.15 Å². The first kappa shape index (κ1) is 22.5. The highest BCUT2D eigenvalue weighted by molar-refractivity contribution is 7.89. The molecule has 0 N–H and O–H groups in total. The number of hydrogen-bond donors (Lipinski definition) is 0. The maximum atomic E-state index is 12.7. The molecule has 2 aromatic rings. The molecule has 1 amide bonds. The molecule has 1 aliphatic rings. The van der Waals surface area contributed by atoms with Gasteiger partial charge in [0.25, 0.3) is 0 Å².